The molecule has 1 spiro atoms. The summed E-state index contributed by atoms with van der Waals surface area (Å²) in [6.07, 6.45) is 10.4. The normalized spacial score (nSPS) is 27.2. The molecule has 0 aromatic heterocycles. The zero-order chi connectivity index (χ0) is 13.1. The fraction of sp³-hybridized carbons (Fsp3) is 1.00. The minimum atomic E-state index is 0.107. The number of hydrogen-bond acceptors (Lipinski definition) is 2. The topological polar surface area (TPSA) is 21.3 Å². The van der Waals surface area contributed by atoms with Gasteiger partial charge in [0.05, 0.1) is 11.7 Å². The maximum absolute atomic E-state index is 6.33. The molecule has 0 amide bonds. The van der Waals surface area contributed by atoms with Crippen LogP contribution in [0.15, 0.2) is 0 Å². The van der Waals surface area contributed by atoms with Gasteiger partial charge in [0.25, 0.3) is 0 Å². The average Bonchev–Trinajstić information content (AvgIpc) is 3.03. The van der Waals surface area contributed by atoms with Gasteiger partial charge in [0, 0.05) is 18.0 Å². The number of halogens is 1. The van der Waals surface area contributed by atoms with Crippen molar-refractivity contribution in [2.75, 3.05) is 12.4 Å². The van der Waals surface area contributed by atoms with Crippen molar-refractivity contribution < 1.29 is 4.74 Å². The number of alkyl halides is 1. The van der Waals surface area contributed by atoms with Crippen LogP contribution in [0.1, 0.15) is 65.2 Å². The molecule has 18 heavy (non-hydrogen) atoms. The van der Waals surface area contributed by atoms with Crippen LogP contribution >= 0.6 is 11.6 Å². The largest absolute Gasteiger partial charge is 0.370 e. The van der Waals surface area contributed by atoms with Crippen LogP contribution < -0.4 is 5.32 Å². The molecule has 1 unspecified atom stereocenters. The van der Waals surface area contributed by atoms with E-state index in [1.54, 1.807) is 0 Å². The van der Waals surface area contributed by atoms with Crippen molar-refractivity contribution in [2.24, 2.45) is 0 Å². The molecule has 1 atom stereocenters. The van der Waals surface area contributed by atoms with E-state index in [4.69, 9.17) is 16.3 Å². The van der Waals surface area contributed by atoms with Gasteiger partial charge in [0.2, 0.25) is 0 Å². The predicted molar refractivity (Wildman–Crippen MR) is 77.3 cm³/mol. The fourth-order valence-corrected chi connectivity index (χ4v) is 3.97. The molecule has 1 aliphatic heterocycles. The summed E-state index contributed by atoms with van der Waals surface area (Å²) in [5.74, 6) is 0.692. The Bertz CT molecular complexity index is 251. The second kappa shape index (κ2) is 6.11. The zero-order valence-electron chi connectivity index (χ0n) is 11.9. The molecule has 0 bridgehead atoms. The molecule has 1 aliphatic carbocycles. The zero-order valence-corrected chi connectivity index (χ0v) is 12.7. The lowest BCUT2D eigenvalue weighted by atomic mass is 9.94. The first kappa shape index (κ1) is 14.6. The summed E-state index contributed by atoms with van der Waals surface area (Å²) in [6, 6.07) is 0. The van der Waals surface area contributed by atoms with Crippen molar-refractivity contribution in [1.82, 2.24) is 5.32 Å². The molecule has 0 aromatic carbocycles. The molecule has 1 saturated carbocycles. The molecule has 1 N–H and O–H groups in total. The molecule has 3 heteroatoms. The molecule has 106 valence electrons. The van der Waals surface area contributed by atoms with Gasteiger partial charge in [-0.2, -0.15) is 0 Å². The van der Waals surface area contributed by atoms with Crippen molar-refractivity contribution >= 4 is 11.6 Å². The monoisotopic (exact) mass is 273 g/mol. The highest BCUT2D eigenvalue weighted by Gasteiger charge is 2.42. The summed E-state index contributed by atoms with van der Waals surface area (Å²) in [5.41, 5.74) is 0.366. The Morgan fingerprint density at radius 2 is 1.89 bits per heavy atom. The number of hydrogen-bond donors (Lipinski definition) is 1. The van der Waals surface area contributed by atoms with Gasteiger partial charge in [-0.1, -0.05) is 26.7 Å². The Balaban J connectivity index is 1.81. The average molecular weight is 274 g/mol. The number of nitrogens with one attached hydrogen (secondary N) is 1. The van der Waals surface area contributed by atoms with Crippen molar-refractivity contribution in [2.45, 2.75) is 82.5 Å². The van der Waals surface area contributed by atoms with Crippen molar-refractivity contribution in [3.8, 4) is 0 Å². The molecular formula is C15H28ClNO. The van der Waals surface area contributed by atoms with Gasteiger partial charge in [-0.05, 0) is 38.5 Å². The maximum atomic E-state index is 6.33. The lowest BCUT2D eigenvalue weighted by molar-refractivity contribution is -0.0373. The molecule has 2 fully saturated rings. The summed E-state index contributed by atoms with van der Waals surface area (Å²) >= 11 is 6.13. The van der Waals surface area contributed by atoms with Gasteiger partial charge in [-0.3, -0.25) is 0 Å². The van der Waals surface area contributed by atoms with Crippen LogP contribution in [0, 0.1) is 0 Å². The van der Waals surface area contributed by atoms with E-state index in [1.165, 1.54) is 38.5 Å². The molecule has 2 aliphatic rings. The van der Waals surface area contributed by atoms with Crippen LogP contribution in [0.4, 0.5) is 0 Å². The first-order chi connectivity index (χ1) is 8.67. The van der Waals surface area contributed by atoms with Gasteiger partial charge in [0.15, 0.2) is 0 Å². The lowest BCUT2D eigenvalue weighted by Gasteiger charge is -2.32. The van der Waals surface area contributed by atoms with Crippen LogP contribution in [-0.4, -0.2) is 29.7 Å². The van der Waals surface area contributed by atoms with E-state index in [9.17, 15) is 0 Å². The van der Waals surface area contributed by atoms with Gasteiger partial charge in [-0.25, -0.2) is 0 Å². The molecule has 2 nitrogen and oxygen atoms in total. The summed E-state index contributed by atoms with van der Waals surface area (Å²) in [6.45, 7) is 5.40. The SMILES string of the molecule is CCC(CC)(CCl)NCC1CCC2(CCCC2)O1. The van der Waals surface area contributed by atoms with E-state index in [2.05, 4.69) is 19.2 Å². The summed E-state index contributed by atoms with van der Waals surface area (Å²) in [4.78, 5) is 0. The van der Waals surface area contributed by atoms with Crippen molar-refractivity contribution in [3.63, 3.8) is 0 Å². The minimum absolute atomic E-state index is 0.107. The van der Waals surface area contributed by atoms with E-state index in [-0.39, 0.29) is 11.1 Å². The molecule has 1 saturated heterocycles. The molecule has 0 radical (unpaired) electrons. The van der Waals surface area contributed by atoms with E-state index in [0.717, 1.165) is 19.4 Å². The van der Waals surface area contributed by atoms with E-state index < -0.39 is 0 Å². The maximum Gasteiger partial charge on any atom is 0.0708 e. The van der Waals surface area contributed by atoms with Crippen LogP contribution in [0.5, 0.6) is 0 Å². The Hall–Kier alpha value is 0.210. The van der Waals surface area contributed by atoms with Gasteiger partial charge < -0.3 is 10.1 Å². The molecule has 2 rings (SSSR count). The van der Waals surface area contributed by atoms with Crippen LogP contribution in [0.2, 0.25) is 0 Å². The first-order valence-corrected chi connectivity index (χ1v) is 8.20. The first-order valence-electron chi connectivity index (χ1n) is 7.66. The third kappa shape index (κ3) is 3.02. The predicted octanol–water partition coefficient (Wildman–Crippen LogP) is 3.87. The quantitative estimate of drug-likeness (QED) is 0.742. The van der Waals surface area contributed by atoms with Crippen LogP contribution in [0.25, 0.3) is 0 Å². The van der Waals surface area contributed by atoms with Crippen LogP contribution in [-0.2, 0) is 4.74 Å². The summed E-state index contributed by atoms with van der Waals surface area (Å²) in [5, 5.41) is 3.67. The third-order valence-electron chi connectivity index (χ3n) is 5.17. The standard InChI is InChI=1S/C15H28ClNO/c1-3-14(4-2,12-16)17-11-13-7-10-15(18-13)8-5-6-9-15/h13,17H,3-12H2,1-2H3. The van der Waals surface area contributed by atoms with Gasteiger partial charge >= 0.3 is 0 Å². The van der Waals surface area contributed by atoms with Crippen molar-refractivity contribution in [3.05, 3.63) is 0 Å². The van der Waals surface area contributed by atoms with E-state index >= 15 is 0 Å². The van der Waals surface area contributed by atoms with E-state index in [0.29, 0.717) is 12.0 Å². The van der Waals surface area contributed by atoms with Crippen LogP contribution in [0.3, 0.4) is 0 Å². The second-order valence-corrected chi connectivity index (χ2v) is 6.44. The highest BCUT2D eigenvalue weighted by Crippen LogP contribution is 2.43. The Labute approximate surface area is 117 Å². The second-order valence-electron chi connectivity index (χ2n) is 6.17. The van der Waals surface area contributed by atoms with Gasteiger partial charge in [-0.15, -0.1) is 11.6 Å². The molecule has 1 heterocycles. The van der Waals surface area contributed by atoms with Crippen molar-refractivity contribution in [1.29, 1.82) is 0 Å². The molecule has 0 aromatic rings. The Morgan fingerprint density at radius 3 is 2.44 bits per heavy atom. The van der Waals surface area contributed by atoms with E-state index in [1.807, 2.05) is 0 Å². The highest BCUT2D eigenvalue weighted by molar-refractivity contribution is 6.18. The number of ether oxygens (including phenoxy) is 1. The smallest absolute Gasteiger partial charge is 0.0708 e. The lowest BCUT2D eigenvalue weighted by Crippen LogP contribution is -2.49. The minimum Gasteiger partial charge on any atom is -0.370 e. The summed E-state index contributed by atoms with van der Waals surface area (Å²) < 4.78 is 6.33. The summed E-state index contributed by atoms with van der Waals surface area (Å²) in [7, 11) is 0. The Morgan fingerprint density at radius 1 is 1.22 bits per heavy atom. The number of rotatable bonds is 6. The molecular weight excluding hydrogens is 246 g/mol. The third-order valence-corrected chi connectivity index (χ3v) is 5.68. The highest BCUT2D eigenvalue weighted by atomic mass is 35.5. The Kier molecular flexibility index (Phi) is 4.96. The van der Waals surface area contributed by atoms with Gasteiger partial charge in [0.1, 0.15) is 0 Å². The fourth-order valence-electron chi connectivity index (χ4n) is 3.49.